The number of nitriles is 4. The van der Waals surface area contributed by atoms with Crippen molar-refractivity contribution in [2.24, 2.45) is 23.4 Å². The van der Waals surface area contributed by atoms with Crippen LogP contribution in [0.5, 0.6) is 46.5 Å². The third-order valence-corrected chi connectivity index (χ3v) is 34.8. The number of hydrogen-bond acceptors (Lipinski definition) is 36. The Balaban J connectivity index is 0.000000131. The summed E-state index contributed by atoms with van der Waals surface area (Å²) in [6, 6.07) is 54.8. The number of fused-ring (bicyclic) bond motifs is 4. The van der Waals surface area contributed by atoms with Crippen LogP contribution in [0.25, 0.3) is 67.1 Å². The van der Waals surface area contributed by atoms with E-state index in [-0.39, 0.29) is 6.10 Å². The van der Waals surface area contributed by atoms with Crippen LogP contribution in [0, 0.1) is 51.2 Å². The maximum absolute atomic E-state index is 13.3. The van der Waals surface area contributed by atoms with Crippen molar-refractivity contribution >= 4 is 84.3 Å². The van der Waals surface area contributed by atoms with E-state index in [0.29, 0.717) is 234 Å². The molecule has 1 saturated carbocycles. The van der Waals surface area contributed by atoms with E-state index in [0.717, 1.165) is 90.8 Å². The lowest BCUT2D eigenvalue weighted by Gasteiger charge is -2.29. The normalized spacial score (nSPS) is 15.3. The molecular weight excluding hydrogens is 1990 g/mol. The Morgan fingerprint density at radius 1 is 0.333 bits per heavy atom. The first-order valence-corrected chi connectivity index (χ1v) is 56.1. The number of aromatic nitrogens is 16. The zero-order chi connectivity index (χ0) is 104. The average Bonchev–Trinajstić information content (AvgIpc) is 1.61. The highest BCUT2D eigenvalue weighted by molar-refractivity contribution is 7.94. The van der Waals surface area contributed by atoms with Gasteiger partial charge in [-0.15, -0.1) is 0 Å². The minimum Gasteiger partial charge on any atom is -0.497 e. The van der Waals surface area contributed by atoms with Crippen LogP contribution in [0.4, 0.5) is 23.3 Å². The number of benzene rings is 4. The first kappa shape index (κ1) is 103. The van der Waals surface area contributed by atoms with Gasteiger partial charge in [-0.25, -0.2) is 92.2 Å². The Labute approximate surface area is 869 Å². The molecule has 4 aromatic carbocycles. The van der Waals surface area contributed by atoms with Gasteiger partial charge < -0.3 is 57.5 Å². The van der Waals surface area contributed by atoms with Crippen LogP contribution in [0.15, 0.2) is 237 Å². The van der Waals surface area contributed by atoms with E-state index in [9.17, 15) is 37.9 Å². The van der Waals surface area contributed by atoms with E-state index in [4.69, 9.17) is 47.9 Å². The lowest BCUT2D eigenvalue weighted by molar-refractivity contribution is 0.231. The molecule has 44 heteroatoms. The highest BCUT2D eigenvalue weighted by Gasteiger charge is 2.31. The van der Waals surface area contributed by atoms with Crippen LogP contribution in [-0.2, 0) is 65.1 Å². The van der Waals surface area contributed by atoms with Gasteiger partial charge in [0.25, 0.3) is 0 Å². The molecule has 4 aliphatic heterocycles. The summed E-state index contributed by atoms with van der Waals surface area (Å²) < 4.78 is 121. The van der Waals surface area contributed by atoms with E-state index in [1.165, 1.54) is 44.7 Å². The summed E-state index contributed by atoms with van der Waals surface area (Å²) in [5, 5.41) is 55.3. The van der Waals surface area contributed by atoms with Crippen molar-refractivity contribution in [2.75, 3.05) is 167 Å². The van der Waals surface area contributed by atoms with Crippen LogP contribution in [0.2, 0.25) is 0 Å². The summed E-state index contributed by atoms with van der Waals surface area (Å²) in [5.74, 6) is 12.6. The molecule has 5 aliphatic rings. The molecular formula is C106H110N28O12S4. The van der Waals surface area contributed by atoms with Crippen molar-refractivity contribution in [3.05, 3.63) is 264 Å². The monoisotopic (exact) mass is 2090 g/mol. The summed E-state index contributed by atoms with van der Waals surface area (Å²) in [5.41, 5.74) is 13.6. The number of pyridine rings is 4. The minimum absolute atomic E-state index is 0.0587. The van der Waals surface area contributed by atoms with Gasteiger partial charge in [0.05, 0.1) is 170 Å². The maximum atomic E-state index is 13.3. The minimum atomic E-state index is -2.28. The third kappa shape index (κ3) is 24.7. The summed E-state index contributed by atoms with van der Waals surface area (Å²) in [7, 11) is -1.03. The molecule has 16 aromatic rings. The van der Waals surface area contributed by atoms with E-state index < -0.39 is 38.9 Å². The van der Waals surface area contributed by atoms with Gasteiger partial charge in [0.2, 0.25) is 23.5 Å². The Kier molecular flexibility index (Phi) is 32.1. The van der Waals surface area contributed by atoms with Crippen LogP contribution in [-0.4, -0.2) is 248 Å². The Morgan fingerprint density at radius 2 is 0.587 bits per heavy atom. The van der Waals surface area contributed by atoms with Gasteiger partial charge in [-0.1, -0.05) is 48.5 Å². The van der Waals surface area contributed by atoms with E-state index in [2.05, 4.69) is 112 Å². The molecule has 4 saturated heterocycles. The first-order valence-electron chi connectivity index (χ1n) is 48.6. The maximum Gasteiger partial charge on any atom is 0.233 e. The van der Waals surface area contributed by atoms with Gasteiger partial charge in [-0.3, -0.25) is 0 Å². The molecule has 0 radical (unpaired) electrons. The molecule has 1 aliphatic carbocycles. The zero-order valence-electron chi connectivity index (χ0n) is 84.0. The van der Waals surface area contributed by atoms with Crippen molar-refractivity contribution in [3.8, 4) is 116 Å². The van der Waals surface area contributed by atoms with Crippen molar-refractivity contribution in [1.82, 2.24) is 78.3 Å². The summed E-state index contributed by atoms with van der Waals surface area (Å²) in [4.78, 5) is 45.7. The van der Waals surface area contributed by atoms with Gasteiger partial charge >= 0.3 is 0 Å². The number of hydrogen-bond donors (Lipinski definition) is 0. The zero-order valence-corrected chi connectivity index (χ0v) is 87.2. The lowest BCUT2D eigenvalue weighted by atomic mass is 10.1. The molecule has 770 valence electrons. The smallest absolute Gasteiger partial charge is 0.233 e. The summed E-state index contributed by atoms with van der Waals surface area (Å²) in [6.45, 7) is 13.4. The van der Waals surface area contributed by atoms with Crippen molar-refractivity contribution < 1.29 is 54.7 Å². The quantitative estimate of drug-likeness (QED) is 0.0439. The Bertz CT molecular complexity index is 8240. The van der Waals surface area contributed by atoms with Gasteiger partial charge in [0, 0.05) is 145 Å². The van der Waals surface area contributed by atoms with Crippen molar-refractivity contribution in [3.63, 3.8) is 0 Å². The number of anilines is 4. The standard InChI is InChI=1S/C28H29N7O3S.C27H29N7O3S.C26H27N7O3S.C25H25N7O3S/c1-37-24-7-4-20(5-8-24)15-32-39(36)12-10-34(11-13-39)25-9-6-22(16-30-25)27-28-23(14-29)17-31-35(28)18-26(33-27)38-19-21-2-3-21;1-19(2)37-25-18-34-27(22(14-28)17-30-34)26(32-25)21-6-9-24(29-16-21)33-10-12-38(35,13-11-33)31-15-20-4-7-23(36-3)8-5-20;1-3-36-24-18-33-26(21(14-27)17-29-33)25(31-24)20-6-9-23(28-16-20)32-10-12-37(34,13-11-32)30-15-19-4-7-22(35-2)8-5-19;1-34-21-6-3-18(4-7-21)14-29-36(33)11-9-31(10-12-36)22-8-5-19(15-27-22)24-25-20(13-26)16-28-32(25)17-23(30-24)35-2/h4-9,16-18,21H,2-3,10-13,15,19H2,1H3;4-9,16-19H,10-13,15H2,1-3H3;4-9,16-18H,3,10-13,15H2,1-2H3;3-8,15-17H,9-12,14H2,1-2H3. The third-order valence-electron chi connectivity index (χ3n) is 25.8. The number of rotatable bonds is 28. The molecule has 12 aromatic heterocycles. The van der Waals surface area contributed by atoms with Gasteiger partial charge in [0.1, 0.15) is 138 Å². The SMILES string of the molecule is CCOc1cn2ncc(C#N)c2c(-c2ccc(N3CCS(=O)(=NCc4ccc(OC)cc4)CC3)nc2)n1.COc1ccc(CN=S2(=O)CCN(c3ccc(-c4nc(OC(C)C)cn5ncc(C#N)c45)cn3)CC2)cc1.COc1ccc(CN=S2(=O)CCN(c3ccc(-c4nc(OC)cn5ncc(C#N)c45)cn3)CC2)cc1.COc1ccc(CN=S2(=O)CCN(c3ccc(-c4nc(OCC5CC5)cn5ncc(C#N)c45)cn3)CC2)cc1. The van der Waals surface area contributed by atoms with E-state index >= 15 is 0 Å². The molecule has 0 atom stereocenters. The first-order chi connectivity index (χ1) is 72.9. The predicted octanol–water partition coefficient (Wildman–Crippen LogP) is 14.6. The summed E-state index contributed by atoms with van der Waals surface area (Å²) >= 11 is 0. The number of nitrogens with zero attached hydrogens (tertiary/aromatic N) is 28. The van der Waals surface area contributed by atoms with Crippen molar-refractivity contribution in [2.45, 2.75) is 65.9 Å². The second-order valence-corrected chi connectivity index (χ2v) is 46.4. The van der Waals surface area contributed by atoms with Crippen molar-refractivity contribution in [1.29, 1.82) is 21.0 Å². The molecule has 16 heterocycles. The van der Waals surface area contributed by atoms with E-state index in [1.807, 2.05) is 166 Å². The molecule has 0 N–H and O–H groups in total. The second kappa shape index (κ2) is 46.6. The van der Waals surface area contributed by atoms with E-state index in [1.54, 1.807) is 96.1 Å². The van der Waals surface area contributed by atoms with Crippen LogP contribution < -0.4 is 57.5 Å². The highest BCUT2D eigenvalue weighted by Crippen LogP contribution is 2.37. The van der Waals surface area contributed by atoms with Crippen LogP contribution in [0.1, 0.15) is 78.1 Å². The molecule has 0 bridgehead atoms. The molecule has 150 heavy (non-hydrogen) atoms. The lowest BCUT2D eigenvalue weighted by Crippen LogP contribution is -2.40. The number of ether oxygens (including phenoxy) is 8. The number of methoxy groups -OCH3 is 5. The Morgan fingerprint density at radius 3 is 0.820 bits per heavy atom. The molecule has 0 amide bonds. The highest BCUT2D eigenvalue weighted by atomic mass is 32.2. The second-order valence-electron chi connectivity index (χ2n) is 36.0. The molecule has 0 unspecified atom stereocenters. The fraction of sp³-hybridized carbons (Fsp3) is 0.321. The van der Waals surface area contributed by atoms with Crippen LogP contribution >= 0.6 is 0 Å². The largest absolute Gasteiger partial charge is 0.497 e. The summed E-state index contributed by atoms with van der Waals surface area (Å²) in [6.07, 6.45) is 22.0. The van der Waals surface area contributed by atoms with Gasteiger partial charge in [0.15, 0.2) is 0 Å². The average molecular weight is 2100 g/mol. The van der Waals surface area contributed by atoms with Gasteiger partial charge in [-0.05, 0) is 159 Å². The Hall–Kier alpha value is -16.7. The molecule has 0 spiro atoms. The topological polar surface area (TPSA) is 472 Å². The van der Waals surface area contributed by atoms with Gasteiger partial charge in [-0.2, -0.15) is 41.4 Å². The van der Waals surface area contributed by atoms with Crippen LogP contribution in [0.3, 0.4) is 0 Å². The predicted molar refractivity (Wildman–Crippen MR) is 572 cm³/mol. The molecule has 5 fully saturated rings. The fourth-order valence-corrected chi connectivity index (χ4v) is 24.6. The fourth-order valence-electron chi connectivity index (χ4n) is 17.1. The molecule has 21 rings (SSSR count). The molecule has 40 nitrogen and oxygen atoms in total.